The molecule has 0 N–H and O–H groups in total. The Bertz CT molecular complexity index is 1320. The van der Waals surface area contributed by atoms with Crippen LogP contribution in [0.5, 0.6) is 0 Å². The number of amides is 1. The molecule has 6 heteroatoms. The van der Waals surface area contributed by atoms with Crippen LogP contribution in [0.3, 0.4) is 0 Å². The number of carbonyl (C=O) groups is 1. The monoisotopic (exact) mass is 442 g/mol. The van der Waals surface area contributed by atoms with Crippen molar-refractivity contribution >= 4 is 16.7 Å². The van der Waals surface area contributed by atoms with E-state index in [9.17, 15) is 9.59 Å². The molecule has 2 aromatic heterocycles. The van der Waals surface area contributed by atoms with Gasteiger partial charge >= 0.3 is 0 Å². The molecule has 0 aliphatic heterocycles. The minimum atomic E-state index is -0.225. The van der Waals surface area contributed by atoms with Gasteiger partial charge < -0.3 is 9.47 Å². The molecule has 0 atom stereocenters. The number of carbonyl (C=O) groups excluding carboxylic acids is 1. The first-order valence-corrected chi connectivity index (χ1v) is 11.3. The van der Waals surface area contributed by atoms with E-state index < -0.39 is 0 Å². The van der Waals surface area contributed by atoms with Gasteiger partial charge in [-0.1, -0.05) is 60.7 Å². The Morgan fingerprint density at radius 1 is 0.939 bits per heavy atom. The van der Waals surface area contributed by atoms with Gasteiger partial charge in [-0.25, -0.2) is 4.68 Å². The van der Waals surface area contributed by atoms with Gasteiger partial charge in [0.2, 0.25) is 5.91 Å². The summed E-state index contributed by atoms with van der Waals surface area (Å²) in [6.45, 7) is 9.04. The van der Waals surface area contributed by atoms with Gasteiger partial charge in [0.25, 0.3) is 5.56 Å². The molecule has 0 saturated heterocycles. The second-order valence-electron chi connectivity index (χ2n) is 8.74. The van der Waals surface area contributed by atoms with Crippen molar-refractivity contribution in [3.8, 4) is 0 Å². The first-order chi connectivity index (χ1) is 15.9. The molecule has 2 aromatic carbocycles. The quantitative estimate of drug-likeness (QED) is 0.429. The minimum absolute atomic E-state index is 0.00748. The molecule has 4 rings (SSSR count). The Labute approximate surface area is 194 Å². The number of aryl methyl sites for hydroxylation is 2. The molecule has 0 unspecified atom stereocenters. The van der Waals surface area contributed by atoms with Gasteiger partial charge in [-0.3, -0.25) is 9.59 Å². The Balaban J connectivity index is 1.64. The number of hydrogen-bond donors (Lipinski definition) is 0. The van der Waals surface area contributed by atoms with E-state index in [1.54, 1.807) is 11.1 Å². The van der Waals surface area contributed by atoms with Crippen molar-refractivity contribution in [2.24, 2.45) is 0 Å². The molecule has 0 aliphatic carbocycles. The zero-order valence-electron chi connectivity index (χ0n) is 19.7. The van der Waals surface area contributed by atoms with E-state index in [1.165, 1.54) is 10.2 Å². The van der Waals surface area contributed by atoms with Crippen LogP contribution in [0.25, 0.3) is 10.8 Å². The largest absolute Gasteiger partial charge is 0.343 e. The van der Waals surface area contributed by atoms with Crippen molar-refractivity contribution in [2.45, 2.75) is 53.4 Å². The highest BCUT2D eigenvalue weighted by Gasteiger charge is 2.21. The average Bonchev–Trinajstić information content (AvgIpc) is 3.05. The highest BCUT2D eigenvalue weighted by molar-refractivity contribution is 5.87. The predicted molar refractivity (Wildman–Crippen MR) is 131 cm³/mol. The predicted octanol–water partition coefficient (Wildman–Crippen LogP) is 4.30. The van der Waals surface area contributed by atoms with Crippen LogP contribution in [0.15, 0.2) is 71.7 Å². The van der Waals surface area contributed by atoms with Crippen molar-refractivity contribution in [3.05, 3.63) is 99.7 Å². The molecule has 1 amide bonds. The van der Waals surface area contributed by atoms with Crippen LogP contribution < -0.4 is 5.56 Å². The molecule has 170 valence electrons. The molecule has 6 nitrogen and oxygen atoms in total. The zero-order valence-corrected chi connectivity index (χ0v) is 19.7. The maximum absolute atomic E-state index is 13.4. The van der Waals surface area contributed by atoms with Gasteiger partial charge in [0.05, 0.1) is 11.6 Å². The Morgan fingerprint density at radius 2 is 1.55 bits per heavy atom. The molecule has 0 fully saturated rings. The van der Waals surface area contributed by atoms with Crippen LogP contribution in [0, 0.1) is 13.8 Å². The fraction of sp³-hybridized carbons (Fsp3) is 0.296. The summed E-state index contributed by atoms with van der Waals surface area (Å²) in [5.41, 5.74) is 3.89. The summed E-state index contributed by atoms with van der Waals surface area (Å²) < 4.78 is 3.44. The van der Waals surface area contributed by atoms with Crippen molar-refractivity contribution in [1.29, 1.82) is 0 Å². The Kier molecular flexibility index (Phi) is 6.45. The smallest absolute Gasteiger partial charge is 0.276 e. The summed E-state index contributed by atoms with van der Waals surface area (Å²) in [5, 5.41) is 5.83. The van der Waals surface area contributed by atoms with Crippen molar-refractivity contribution in [2.75, 3.05) is 0 Å². The van der Waals surface area contributed by atoms with Gasteiger partial charge in [-0.05, 0) is 38.8 Å². The van der Waals surface area contributed by atoms with Crippen molar-refractivity contribution in [3.63, 3.8) is 0 Å². The Hall–Kier alpha value is -3.67. The molecule has 0 aliphatic rings. The number of aromatic nitrogens is 3. The summed E-state index contributed by atoms with van der Waals surface area (Å²) in [6, 6.07) is 20.1. The highest BCUT2D eigenvalue weighted by Crippen LogP contribution is 2.23. The fourth-order valence-corrected chi connectivity index (χ4v) is 4.32. The first kappa shape index (κ1) is 22.5. The van der Waals surface area contributed by atoms with E-state index in [-0.39, 0.29) is 24.1 Å². The molecule has 4 aromatic rings. The zero-order chi connectivity index (χ0) is 23.5. The molecular weight excluding hydrogens is 412 g/mol. The SMILES string of the molecule is Cc1c2cnn(CC(=O)N(Cc3ccccc3)C(C)C)c(=O)c2c(C)n1Cc1ccccc1. The molecule has 0 saturated carbocycles. The topological polar surface area (TPSA) is 60.1 Å². The lowest BCUT2D eigenvalue weighted by Gasteiger charge is -2.27. The van der Waals surface area contributed by atoms with Crippen LogP contribution in [-0.4, -0.2) is 31.2 Å². The van der Waals surface area contributed by atoms with E-state index in [0.717, 1.165) is 22.3 Å². The minimum Gasteiger partial charge on any atom is -0.343 e. The number of benzene rings is 2. The lowest BCUT2D eigenvalue weighted by Crippen LogP contribution is -2.40. The molecule has 2 heterocycles. The third-order valence-corrected chi connectivity index (χ3v) is 6.21. The lowest BCUT2D eigenvalue weighted by atomic mass is 10.2. The number of fused-ring (bicyclic) bond motifs is 1. The molecule has 0 spiro atoms. The van der Waals surface area contributed by atoms with Crippen molar-refractivity contribution < 1.29 is 4.79 Å². The van der Waals surface area contributed by atoms with E-state index in [4.69, 9.17) is 0 Å². The second kappa shape index (κ2) is 9.45. The number of hydrogen-bond acceptors (Lipinski definition) is 3. The normalized spacial score (nSPS) is 11.3. The summed E-state index contributed by atoms with van der Waals surface area (Å²) >= 11 is 0. The second-order valence-corrected chi connectivity index (χ2v) is 8.74. The number of rotatable bonds is 7. The standard InChI is InChI=1S/C27H30N4O2/c1-19(2)29(16-22-11-7-5-8-12-22)25(32)18-31-27(33)26-21(4)30(20(3)24(26)15-28-31)17-23-13-9-6-10-14-23/h5-15,19H,16-18H2,1-4H3. The van der Waals surface area contributed by atoms with Gasteiger partial charge in [-0.2, -0.15) is 5.10 Å². The van der Waals surface area contributed by atoms with Crippen LogP contribution in [0.1, 0.15) is 36.4 Å². The van der Waals surface area contributed by atoms with Crippen molar-refractivity contribution in [1.82, 2.24) is 19.2 Å². The summed E-state index contributed by atoms with van der Waals surface area (Å²) in [5.74, 6) is -0.124. The van der Waals surface area contributed by atoms with E-state index in [1.807, 2.05) is 76.2 Å². The number of nitrogens with zero attached hydrogens (tertiary/aromatic N) is 4. The maximum Gasteiger partial charge on any atom is 0.276 e. The average molecular weight is 443 g/mol. The van der Waals surface area contributed by atoms with Crippen LogP contribution in [0.4, 0.5) is 0 Å². The molecular formula is C27H30N4O2. The Morgan fingerprint density at radius 3 is 2.15 bits per heavy atom. The molecule has 0 bridgehead atoms. The lowest BCUT2D eigenvalue weighted by molar-refractivity contribution is -0.134. The van der Waals surface area contributed by atoms with E-state index >= 15 is 0 Å². The van der Waals surface area contributed by atoms with Gasteiger partial charge in [-0.15, -0.1) is 0 Å². The first-order valence-electron chi connectivity index (χ1n) is 11.3. The van der Waals surface area contributed by atoms with E-state index in [2.05, 4.69) is 21.8 Å². The van der Waals surface area contributed by atoms with Gasteiger partial charge in [0.1, 0.15) is 6.54 Å². The van der Waals surface area contributed by atoms with Gasteiger partial charge in [0.15, 0.2) is 0 Å². The van der Waals surface area contributed by atoms with Crippen LogP contribution in [-0.2, 0) is 24.4 Å². The summed E-state index contributed by atoms with van der Waals surface area (Å²) in [4.78, 5) is 28.3. The maximum atomic E-state index is 13.4. The molecule has 33 heavy (non-hydrogen) atoms. The summed E-state index contributed by atoms with van der Waals surface area (Å²) in [7, 11) is 0. The summed E-state index contributed by atoms with van der Waals surface area (Å²) in [6.07, 6.45) is 1.71. The fourth-order valence-electron chi connectivity index (χ4n) is 4.32. The van der Waals surface area contributed by atoms with Crippen LogP contribution in [0.2, 0.25) is 0 Å². The van der Waals surface area contributed by atoms with Crippen LogP contribution >= 0.6 is 0 Å². The third-order valence-electron chi connectivity index (χ3n) is 6.21. The molecule has 0 radical (unpaired) electrons. The van der Waals surface area contributed by atoms with Gasteiger partial charge in [0, 0.05) is 35.9 Å². The highest BCUT2D eigenvalue weighted by atomic mass is 16.2. The van der Waals surface area contributed by atoms with E-state index in [0.29, 0.717) is 18.5 Å². The third kappa shape index (κ3) is 4.60.